The first-order chi connectivity index (χ1) is 6.93. The highest BCUT2D eigenvalue weighted by Crippen LogP contribution is 2.34. The number of thioether (sulfide) groups is 1. The molecule has 0 N–H and O–H groups in total. The van der Waals surface area contributed by atoms with E-state index in [1.807, 2.05) is 11.8 Å². The molecule has 14 heavy (non-hydrogen) atoms. The van der Waals surface area contributed by atoms with Crippen molar-refractivity contribution >= 4 is 11.8 Å². The van der Waals surface area contributed by atoms with E-state index in [0.29, 0.717) is 5.37 Å². The van der Waals surface area contributed by atoms with E-state index in [4.69, 9.17) is 0 Å². The van der Waals surface area contributed by atoms with Gasteiger partial charge >= 0.3 is 0 Å². The van der Waals surface area contributed by atoms with E-state index in [1.54, 1.807) is 0 Å². The highest BCUT2D eigenvalue weighted by molar-refractivity contribution is 8.00. The summed E-state index contributed by atoms with van der Waals surface area (Å²) < 4.78 is 0. The summed E-state index contributed by atoms with van der Waals surface area (Å²) in [6.07, 6.45) is 5.81. The smallest absolute Gasteiger partial charge is 0.0794 e. The fraction of sp³-hybridized carbons (Fsp3) is 0.333. The van der Waals surface area contributed by atoms with Crippen LogP contribution in [0.2, 0.25) is 0 Å². The van der Waals surface area contributed by atoms with Gasteiger partial charge in [-0.3, -0.25) is 4.90 Å². The van der Waals surface area contributed by atoms with Crippen LogP contribution in [0.1, 0.15) is 5.56 Å². The monoisotopic (exact) mass is 203 g/mol. The van der Waals surface area contributed by atoms with Crippen LogP contribution in [-0.4, -0.2) is 23.4 Å². The Hall–Kier alpha value is -0.730. The first-order valence-electron chi connectivity index (χ1n) is 5.09. The molecule has 2 aliphatic rings. The zero-order valence-electron chi connectivity index (χ0n) is 8.02. The molecule has 0 bridgehead atoms. The maximum Gasteiger partial charge on any atom is 0.0794 e. The number of benzene rings is 1. The highest BCUT2D eigenvalue weighted by Gasteiger charge is 2.24. The number of nitrogens with zero attached hydrogens (tertiary/aromatic N) is 1. The summed E-state index contributed by atoms with van der Waals surface area (Å²) in [5, 5.41) is 0.582. The van der Waals surface area contributed by atoms with Gasteiger partial charge in [0.2, 0.25) is 0 Å². The van der Waals surface area contributed by atoms with E-state index in [1.165, 1.54) is 23.4 Å². The van der Waals surface area contributed by atoms with E-state index >= 15 is 0 Å². The fourth-order valence-electron chi connectivity index (χ4n) is 2.09. The topological polar surface area (TPSA) is 3.24 Å². The number of hydrogen-bond acceptors (Lipinski definition) is 2. The molecule has 2 heteroatoms. The van der Waals surface area contributed by atoms with Gasteiger partial charge in [0, 0.05) is 18.0 Å². The van der Waals surface area contributed by atoms with Crippen molar-refractivity contribution in [2.75, 3.05) is 13.1 Å². The van der Waals surface area contributed by atoms with Crippen molar-refractivity contribution in [2.45, 2.75) is 16.7 Å². The predicted octanol–water partition coefficient (Wildman–Crippen LogP) is 2.53. The predicted molar refractivity (Wildman–Crippen MR) is 60.5 cm³/mol. The molecule has 0 spiro atoms. The Kier molecular flexibility index (Phi) is 2.11. The highest BCUT2D eigenvalue weighted by atomic mass is 32.2. The van der Waals surface area contributed by atoms with Crippen LogP contribution in [0, 0.1) is 0 Å². The van der Waals surface area contributed by atoms with Crippen LogP contribution < -0.4 is 0 Å². The van der Waals surface area contributed by atoms with E-state index in [2.05, 4.69) is 41.3 Å². The molecule has 0 aliphatic carbocycles. The lowest BCUT2D eigenvalue weighted by molar-refractivity contribution is 0.339. The van der Waals surface area contributed by atoms with Crippen LogP contribution in [0.15, 0.2) is 41.3 Å². The molecule has 1 aromatic carbocycles. The van der Waals surface area contributed by atoms with Gasteiger partial charge in [0.15, 0.2) is 0 Å². The average molecular weight is 203 g/mol. The SMILES string of the molecule is C1=CC2Sc3ccccc3CCN2C1. The molecule has 0 fully saturated rings. The van der Waals surface area contributed by atoms with Gasteiger partial charge < -0.3 is 0 Å². The van der Waals surface area contributed by atoms with E-state index in [-0.39, 0.29) is 0 Å². The summed E-state index contributed by atoms with van der Waals surface area (Å²) in [4.78, 5) is 4.00. The van der Waals surface area contributed by atoms with Crippen molar-refractivity contribution in [3.8, 4) is 0 Å². The van der Waals surface area contributed by atoms with Crippen LogP contribution in [0.5, 0.6) is 0 Å². The standard InChI is InChI=1S/C12H13NS/c1-2-5-11-10(4-1)7-9-13-8-3-6-12(13)14-11/h1-6,12H,7-9H2. The summed E-state index contributed by atoms with van der Waals surface area (Å²) in [7, 11) is 0. The third-order valence-corrected chi connectivity index (χ3v) is 4.24. The van der Waals surface area contributed by atoms with Gasteiger partial charge in [0.05, 0.1) is 5.37 Å². The minimum Gasteiger partial charge on any atom is -0.284 e. The second kappa shape index (κ2) is 3.44. The third kappa shape index (κ3) is 1.39. The van der Waals surface area contributed by atoms with Gasteiger partial charge in [-0.2, -0.15) is 0 Å². The molecule has 1 unspecified atom stereocenters. The largest absolute Gasteiger partial charge is 0.284 e. The summed E-state index contributed by atoms with van der Waals surface area (Å²) in [6.45, 7) is 2.33. The van der Waals surface area contributed by atoms with E-state index in [9.17, 15) is 0 Å². The number of fused-ring (bicyclic) bond motifs is 2. The Morgan fingerprint density at radius 2 is 2.21 bits per heavy atom. The normalized spacial score (nSPS) is 25.6. The zero-order valence-corrected chi connectivity index (χ0v) is 8.83. The first kappa shape index (κ1) is 8.57. The average Bonchev–Trinajstić information content (AvgIpc) is 2.58. The Balaban J connectivity index is 1.96. The minimum atomic E-state index is 0.582. The summed E-state index contributed by atoms with van der Waals surface area (Å²) in [6, 6.07) is 8.79. The van der Waals surface area contributed by atoms with Crippen molar-refractivity contribution in [1.82, 2.24) is 4.90 Å². The molecule has 0 aromatic heterocycles. The summed E-state index contributed by atoms with van der Waals surface area (Å²) in [5.41, 5.74) is 1.51. The van der Waals surface area contributed by atoms with Crippen molar-refractivity contribution < 1.29 is 0 Å². The maximum atomic E-state index is 2.53. The number of hydrogen-bond donors (Lipinski definition) is 0. The molecule has 0 saturated carbocycles. The lowest BCUT2D eigenvalue weighted by Crippen LogP contribution is -2.27. The molecule has 2 aliphatic heterocycles. The van der Waals surface area contributed by atoms with Gasteiger partial charge in [-0.15, -0.1) is 11.8 Å². The van der Waals surface area contributed by atoms with Gasteiger partial charge in [-0.1, -0.05) is 30.4 Å². The Morgan fingerprint density at radius 1 is 1.29 bits per heavy atom. The summed E-state index contributed by atoms with van der Waals surface area (Å²) in [5.74, 6) is 0. The second-order valence-corrected chi connectivity index (χ2v) is 4.95. The van der Waals surface area contributed by atoms with Gasteiger partial charge in [0.1, 0.15) is 0 Å². The second-order valence-electron chi connectivity index (χ2n) is 3.79. The van der Waals surface area contributed by atoms with Crippen LogP contribution in [0.4, 0.5) is 0 Å². The van der Waals surface area contributed by atoms with Crippen LogP contribution >= 0.6 is 11.8 Å². The molecule has 2 heterocycles. The molecule has 1 nitrogen and oxygen atoms in total. The van der Waals surface area contributed by atoms with Gasteiger partial charge in [0.25, 0.3) is 0 Å². The molecule has 3 rings (SSSR count). The van der Waals surface area contributed by atoms with Crippen molar-refractivity contribution in [3.05, 3.63) is 42.0 Å². The molecule has 0 saturated heterocycles. The lowest BCUT2D eigenvalue weighted by Gasteiger charge is -2.19. The Bertz CT molecular complexity index is 372. The third-order valence-electron chi connectivity index (χ3n) is 2.89. The molecule has 0 amide bonds. The Labute approximate surface area is 88.8 Å². The minimum absolute atomic E-state index is 0.582. The van der Waals surface area contributed by atoms with Crippen molar-refractivity contribution in [2.24, 2.45) is 0 Å². The maximum absolute atomic E-state index is 2.53. The molecule has 1 aromatic rings. The molecule has 1 atom stereocenters. The lowest BCUT2D eigenvalue weighted by atomic mass is 10.1. The first-order valence-corrected chi connectivity index (χ1v) is 5.97. The summed E-state index contributed by atoms with van der Waals surface area (Å²) >= 11 is 1.99. The molecule has 72 valence electrons. The van der Waals surface area contributed by atoms with Crippen LogP contribution in [0.3, 0.4) is 0 Å². The molecule has 0 radical (unpaired) electrons. The van der Waals surface area contributed by atoms with E-state index in [0.717, 1.165) is 6.54 Å². The molecular weight excluding hydrogens is 190 g/mol. The van der Waals surface area contributed by atoms with Crippen LogP contribution in [0.25, 0.3) is 0 Å². The number of rotatable bonds is 0. The van der Waals surface area contributed by atoms with Crippen LogP contribution in [-0.2, 0) is 6.42 Å². The fourth-order valence-corrected chi connectivity index (χ4v) is 3.36. The van der Waals surface area contributed by atoms with Gasteiger partial charge in [-0.05, 0) is 18.1 Å². The van der Waals surface area contributed by atoms with Gasteiger partial charge in [-0.25, -0.2) is 0 Å². The molecular formula is C12H13NS. The Morgan fingerprint density at radius 3 is 3.21 bits per heavy atom. The zero-order chi connectivity index (χ0) is 9.38. The van der Waals surface area contributed by atoms with E-state index < -0.39 is 0 Å². The quantitative estimate of drug-likeness (QED) is 0.596. The van der Waals surface area contributed by atoms with Crippen molar-refractivity contribution in [3.63, 3.8) is 0 Å². The van der Waals surface area contributed by atoms with Crippen molar-refractivity contribution in [1.29, 1.82) is 0 Å².